The van der Waals surface area contributed by atoms with Crippen LogP contribution in [-0.4, -0.2) is 17.0 Å². The van der Waals surface area contributed by atoms with Gasteiger partial charge in [-0.2, -0.15) is 0 Å². The highest BCUT2D eigenvalue weighted by molar-refractivity contribution is 6.33. The molecule has 0 saturated heterocycles. The van der Waals surface area contributed by atoms with E-state index in [-0.39, 0.29) is 33.2 Å². The molecule has 1 aromatic heterocycles. The van der Waals surface area contributed by atoms with Crippen molar-refractivity contribution < 1.29 is 22.9 Å². The standard InChI is InChI=1S/C24H16ClF2N3O3/c1-13-20(22(30-33-13)21-18(25)9-4-10-19(21)27)24(32)29-16-7-2-5-14(11-16)23(31)28-17-8-3-6-15(26)12-17/h2-12H,1H3,(H,28,31)(H,29,32). The van der Waals surface area contributed by atoms with Gasteiger partial charge in [-0.1, -0.05) is 35.0 Å². The van der Waals surface area contributed by atoms with Gasteiger partial charge in [-0.3, -0.25) is 9.59 Å². The highest BCUT2D eigenvalue weighted by Crippen LogP contribution is 2.33. The summed E-state index contributed by atoms with van der Waals surface area (Å²) < 4.78 is 32.9. The number of aromatic nitrogens is 1. The third-order valence-electron chi connectivity index (χ3n) is 4.75. The first-order valence-electron chi connectivity index (χ1n) is 9.72. The molecule has 9 heteroatoms. The van der Waals surface area contributed by atoms with Crippen LogP contribution in [0.25, 0.3) is 11.3 Å². The van der Waals surface area contributed by atoms with E-state index in [4.69, 9.17) is 16.1 Å². The summed E-state index contributed by atoms with van der Waals surface area (Å²) in [4.78, 5) is 25.5. The van der Waals surface area contributed by atoms with Gasteiger partial charge in [0, 0.05) is 16.9 Å². The van der Waals surface area contributed by atoms with Crippen LogP contribution >= 0.6 is 11.6 Å². The summed E-state index contributed by atoms with van der Waals surface area (Å²) in [6.45, 7) is 1.52. The van der Waals surface area contributed by atoms with Crippen LogP contribution in [0.15, 0.2) is 71.3 Å². The second-order valence-corrected chi connectivity index (χ2v) is 7.47. The van der Waals surface area contributed by atoms with Gasteiger partial charge in [0.1, 0.15) is 28.7 Å². The van der Waals surface area contributed by atoms with Gasteiger partial charge < -0.3 is 15.2 Å². The van der Waals surface area contributed by atoms with E-state index in [0.29, 0.717) is 11.4 Å². The summed E-state index contributed by atoms with van der Waals surface area (Å²) in [6.07, 6.45) is 0. The average Bonchev–Trinajstić information content (AvgIpc) is 3.15. The van der Waals surface area contributed by atoms with Crippen molar-refractivity contribution in [1.29, 1.82) is 0 Å². The third kappa shape index (κ3) is 4.75. The number of hydrogen-bond donors (Lipinski definition) is 2. The van der Waals surface area contributed by atoms with Gasteiger partial charge in [0.05, 0.1) is 10.6 Å². The fourth-order valence-electron chi connectivity index (χ4n) is 3.24. The number of aryl methyl sites for hydroxylation is 1. The zero-order valence-electron chi connectivity index (χ0n) is 17.2. The van der Waals surface area contributed by atoms with Gasteiger partial charge in [-0.25, -0.2) is 8.78 Å². The van der Waals surface area contributed by atoms with E-state index in [1.54, 1.807) is 24.3 Å². The maximum absolute atomic E-state index is 14.4. The van der Waals surface area contributed by atoms with E-state index in [1.165, 1.54) is 49.4 Å². The number of anilines is 2. The van der Waals surface area contributed by atoms with E-state index in [1.807, 2.05) is 0 Å². The lowest BCUT2D eigenvalue weighted by molar-refractivity contribution is 0.101. The largest absolute Gasteiger partial charge is 0.360 e. The van der Waals surface area contributed by atoms with Crippen molar-refractivity contribution in [2.24, 2.45) is 0 Å². The summed E-state index contributed by atoms with van der Waals surface area (Å²) in [7, 11) is 0. The molecular weight excluding hydrogens is 452 g/mol. The molecule has 0 bridgehead atoms. The van der Waals surface area contributed by atoms with Crippen LogP contribution in [-0.2, 0) is 0 Å². The first-order valence-corrected chi connectivity index (χ1v) is 10.1. The van der Waals surface area contributed by atoms with E-state index in [0.717, 1.165) is 0 Å². The second kappa shape index (κ2) is 9.22. The molecule has 6 nitrogen and oxygen atoms in total. The lowest BCUT2D eigenvalue weighted by Gasteiger charge is -2.09. The minimum atomic E-state index is -0.652. The SMILES string of the molecule is Cc1onc(-c2c(F)cccc2Cl)c1C(=O)Nc1cccc(C(=O)Nc2cccc(F)c2)c1. The predicted octanol–water partition coefficient (Wildman–Crippen LogP) is 6.09. The van der Waals surface area contributed by atoms with Crippen molar-refractivity contribution in [3.05, 3.63) is 100 Å². The molecule has 166 valence electrons. The van der Waals surface area contributed by atoms with E-state index >= 15 is 0 Å². The molecule has 0 saturated carbocycles. The summed E-state index contributed by atoms with van der Waals surface area (Å²) in [6, 6.07) is 15.7. The number of rotatable bonds is 5. The molecule has 0 aliphatic rings. The number of benzene rings is 3. The first kappa shape index (κ1) is 22.2. The molecule has 0 spiro atoms. The second-order valence-electron chi connectivity index (χ2n) is 7.06. The van der Waals surface area contributed by atoms with Crippen molar-refractivity contribution in [2.75, 3.05) is 10.6 Å². The lowest BCUT2D eigenvalue weighted by atomic mass is 10.0. The number of nitrogens with zero attached hydrogens (tertiary/aromatic N) is 1. The van der Waals surface area contributed by atoms with Gasteiger partial charge in [0.2, 0.25) is 0 Å². The molecule has 2 N–H and O–H groups in total. The number of carbonyl (C=O) groups is 2. The fraction of sp³-hybridized carbons (Fsp3) is 0.0417. The fourth-order valence-corrected chi connectivity index (χ4v) is 3.49. The monoisotopic (exact) mass is 467 g/mol. The Labute approximate surface area is 192 Å². The highest BCUT2D eigenvalue weighted by Gasteiger charge is 2.25. The third-order valence-corrected chi connectivity index (χ3v) is 5.07. The molecule has 1 heterocycles. The van der Waals surface area contributed by atoms with Crippen LogP contribution in [0.5, 0.6) is 0 Å². The van der Waals surface area contributed by atoms with Gasteiger partial charge in [-0.15, -0.1) is 0 Å². The van der Waals surface area contributed by atoms with Crippen molar-refractivity contribution in [2.45, 2.75) is 6.92 Å². The molecule has 33 heavy (non-hydrogen) atoms. The first-order chi connectivity index (χ1) is 15.8. The molecule has 0 unspecified atom stereocenters. The van der Waals surface area contributed by atoms with Gasteiger partial charge in [-0.05, 0) is 55.5 Å². The summed E-state index contributed by atoms with van der Waals surface area (Å²) in [5.74, 6) is -2.08. The van der Waals surface area contributed by atoms with Gasteiger partial charge in [0.15, 0.2) is 0 Å². The molecule has 0 aliphatic carbocycles. The minimum absolute atomic E-state index is 0.0108. The normalized spacial score (nSPS) is 10.7. The number of carbonyl (C=O) groups excluding carboxylic acids is 2. The highest BCUT2D eigenvalue weighted by atomic mass is 35.5. The molecule has 4 rings (SSSR count). The Balaban J connectivity index is 1.58. The van der Waals surface area contributed by atoms with Crippen molar-refractivity contribution >= 4 is 34.8 Å². The van der Waals surface area contributed by atoms with Crippen molar-refractivity contribution in [3.8, 4) is 11.3 Å². The predicted molar refractivity (Wildman–Crippen MR) is 120 cm³/mol. The average molecular weight is 468 g/mol. The number of halogens is 3. The Morgan fingerprint density at radius 2 is 1.58 bits per heavy atom. The molecular formula is C24H16ClF2N3O3. The Bertz CT molecular complexity index is 1350. The zero-order chi connectivity index (χ0) is 23.5. The van der Waals surface area contributed by atoms with Crippen LogP contribution in [0.1, 0.15) is 26.5 Å². The van der Waals surface area contributed by atoms with Crippen LogP contribution in [0.2, 0.25) is 5.02 Å². The lowest BCUT2D eigenvalue weighted by Crippen LogP contribution is -2.15. The van der Waals surface area contributed by atoms with Crippen LogP contribution in [0.3, 0.4) is 0 Å². The zero-order valence-corrected chi connectivity index (χ0v) is 17.9. The Hall–Kier alpha value is -4.04. The minimum Gasteiger partial charge on any atom is -0.360 e. The van der Waals surface area contributed by atoms with Gasteiger partial charge in [0.25, 0.3) is 11.8 Å². The maximum atomic E-state index is 14.4. The molecule has 0 fully saturated rings. The van der Waals surface area contributed by atoms with E-state index < -0.39 is 23.4 Å². The van der Waals surface area contributed by atoms with E-state index in [9.17, 15) is 18.4 Å². The quantitative estimate of drug-likeness (QED) is 0.372. The molecule has 4 aromatic rings. The maximum Gasteiger partial charge on any atom is 0.261 e. The molecule has 0 radical (unpaired) electrons. The Morgan fingerprint density at radius 3 is 2.30 bits per heavy atom. The van der Waals surface area contributed by atoms with Crippen molar-refractivity contribution in [1.82, 2.24) is 5.16 Å². The molecule has 3 aromatic carbocycles. The van der Waals surface area contributed by atoms with Crippen LogP contribution < -0.4 is 10.6 Å². The smallest absolute Gasteiger partial charge is 0.261 e. The summed E-state index contributed by atoms with van der Waals surface area (Å²) >= 11 is 6.12. The Kier molecular flexibility index (Phi) is 6.19. The summed E-state index contributed by atoms with van der Waals surface area (Å²) in [5.41, 5.74) is 0.754. The number of amides is 2. The topological polar surface area (TPSA) is 84.2 Å². The van der Waals surface area contributed by atoms with E-state index in [2.05, 4.69) is 15.8 Å². The summed E-state index contributed by atoms with van der Waals surface area (Å²) in [5, 5.41) is 9.14. The Morgan fingerprint density at radius 1 is 0.909 bits per heavy atom. The molecule has 0 aliphatic heterocycles. The number of nitrogens with one attached hydrogen (secondary N) is 2. The number of hydrogen-bond acceptors (Lipinski definition) is 4. The molecule has 2 amide bonds. The van der Waals surface area contributed by atoms with Crippen molar-refractivity contribution in [3.63, 3.8) is 0 Å². The van der Waals surface area contributed by atoms with Crippen LogP contribution in [0.4, 0.5) is 20.2 Å². The van der Waals surface area contributed by atoms with Gasteiger partial charge >= 0.3 is 0 Å². The van der Waals surface area contributed by atoms with Crippen LogP contribution in [0, 0.1) is 18.6 Å². The molecule has 0 atom stereocenters.